The van der Waals surface area contributed by atoms with Crippen LogP contribution in [0.2, 0.25) is 0 Å². The molecule has 2 rings (SSSR count). The lowest BCUT2D eigenvalue weighted by atomic mass is 9.96. The van der Waals surface area contributed by atoms with E-state index in [-0.39, 0.29) is 6.10 Å². The van der Waals surface area contributed by atoms with Gasteiger partial charge in [0.05, 0.1) is 11.8 Å². The van der Waals surface area contributed by atoms with Gasteiger partial charge in [0.2, 0.25) is 0 Å². The van der Waals surface area contributed by atoms with Crippen LogP contribution in [0.4, 0.5) is 0 Å². The molecule has 0 bridgehead atoms. The van der Waals surface area contributed by atoms with E-state index < -0.39 is 0 Å². The summed E-state index contributed by atoms with van der Waals surface area (Å²) in [5.41, 5.74) is 1.01. The predicted molar refractivity (Wildman–Crippen MR) is 78.4 cm³/mol. The first-order valence-corrected chi connectivity index (χ1v) is 7.54. The highest BCUT2D eigenvalue weighted by Gasteiger charge is 2.21. The number of β-amino-alcohol motifs (C(OH)–C–C–N with tert-alkyl or cyclic N) is 1. The number of aliphatic hydroxyl groups excluding tert-OH is 1. The smallest absolute Gasteiger partial charge is 0.133 e. The number of piperidine rings is 1. The Bertz CT molecular complexity index is 398. The Balaban J connectivity index is 1.69. The molecule has 1 aromatic heterocycles. The van der Waals surface area contributed by atoms with Crippen LogP contribution in [0.1, 0.15) is 31.2 Å². The minimum absolute atomic E-state index is 0.218. The summed E-state index contributed by atoms with van der Waals surface area (Å²) in [5.74, 6) is 1.62. The van der Waals surface area contributed by atoms with Crippen molar-refractivity contribution in [1.29, 1.82) is 0 Å². The normalized spacial score (nSPS) is 19.6. The van der Waals surface area contributed by atoms with Gasteiger partial charge in [0.1, 0.15) is 5.76 Å². The van der Waals surface area contributed by atoms with E-state index in [4.69, 9.17) is 4.52 Å². The van der Waals surface area contributed by atoms with Crippen molar-refractivity contribution < 1.29 is 9.63 Å². The number of hydrogen-bond donors (Lipinski definition) is 1. The number of likely N-dealkylation sites (tertiary alicyclic amines) is 1. The summed E-state index contributed by atoms with van der Waals surface area (Å²) in [6.45, 7) is 8.76. The number of hydrogen-bond acceptors (Lipinski definition) is 5. The fourth-order valence-electron chi connectivity index (χ4n) is 3.00. The molecule has 1 aromatic rings. The molecule has 0 aliphatic carbocycles. The SMILES string of the molecule is Cc1cc(CN(C)CC2CCN(CC(C)O)CC2)no1. The Morgan fingerprint density at radius 1 is 1.50 bits per heavy atom. The van der Waals surface area contributed by atoms with Gasteiger partial charge in [0.15, 0.2) is 0 Å². The molecule has 5 nitrogen and oxygen atoms in total. The van der Waals surface area contributed by atoms with Gasteiger partial charge in [-0.1, -0.05) is 5.16 Å². The lowest BCUT2D eigenvalue weighted by Gasteiger charge is -2.34. The van der Waals surface area contributed by atoms with Gasteiger partial charge in [-0.15, -0.1) is 0 Å². The number of aromatic nitrogens is 1. The lowest BCUT2D eigenvalue weighted by Crippen LogP contribution is -2.40. The van der Waals surface area contributed by atoms with Gasteiger partial charge in [-0.2, -0.15) is 0 Å². The summed E-state index contributed by atoms with van der Waals surface area (Å²) in [6, 6.07) is 2.00. The minimum atomic E-state index is -0.218. The molecule has 1 atom stereocenters. The van der Waals surface area contributed by atoms with Crippen molar-refractivity contribution >= 4 is 0 Å². The summed E-state index contributed by atoms with van der Waals surface area (Å²) in [7, 11) is 2.15. The van der Waals surface area contributed by atoms with E-state index in [1.165, 1.54) is 12.8 Å². The predicted octanol–water partition coefficient (Wildman–Crippen LogP) is 1.51. The molecule has 2 heterocycles. The number of aryl methyl sites for hydroxylation is 1. The minimum Gasteiger partial charge on any atom is -0.392 e. The van der Waals surface area contributed by atoms with Crippen molar-refractivity contribution in [2.75, 3.05) is 33.2 Å². The van der Waals surface area contributed by atoms with Crippen LogP contribution in [0.25, 0.3) is 0 Å². The molecule has 0 saturated carbocycles. The topological polar surface area (TPSA) is 52.7 Å². The molecular weight excluding hydrogens is 254 g/mol. The van der Waals surface area contributed by atoms with Crippen LogP contribution in [0, 0.1) is 12.8 Å². The molecule has 5 heteroatoms. The molecule has 1 saturated heterocycles. The maximum atomic E-state index is 9.42. The zero-order valence-electron chi connectivity index (χ0n) is 12.9. The molecule has 0 spiro atoms. The van der Waals surface area contributed by atoms with Crippen LogP contribution < -0.4 is 0 Å². The molecule has 1 aliphatic rings. The molecular formula is C15H27N3O2. The van der Waals surface area contributed by atoms with E-state index in [2.05, 4.69) is 22.0 Å². The summed E-state index contributed by atoms with van der Waals surface area (Å²) in [6.07, 6.45) is 2.22. The zero-order chi connectivity index (χ0) is 14.5. The molecule has 1 fully saturated rings. The number of rotatable bonds is 6. The summed E-state index contributed by atoms with van der Waals surface area (Å²) in [5, 5.41) is 13.5. The standard InChI is InChI=1S/C15H27N3O2/c1-12(19)9-18-6-4-14(5-7-18)10-17(3)11-15-8-13(2)20-16-15/h8,12,14,19H,4-7,9-11H2,1-3H3. The summed E-state index contributed by atoms with van der Waals surface area (Å²) >= 11 is 0. The fourth-order valence-corrected chi connectivity index (χ4v) is 3.00. The Morgan fingerprint density at radius 2 is 2.20 bits per heavy atom. The van der Waals surface area contributed by atoms with Gasteiger partial charge in [-0.05, 0) is 52.7 Å². The highest BCUT2D eigenvalue weighted by Crippen LogP contribution is 2.19. The van der Waals surface area contributed by atoms with Crippen LogP contribution in [0.3, 0.4) is 0 Å². The van der Waals surface area contributed by atoms with Crippen LogP contribution in [-0.2, 0) is 6.54 Å². The average molecular weight is 281 g/mol. The van der Waals surface area contributed by atoms with Gasteiger partial charge >= 0.3 is 0 Å². The van der Waals surface area contributed by atoms with E-state index in [1.807, 2.05) is 19.9 Å². The Hall–Kier alpha value is -0.910. The summed E-state index contributed by atoms with van der Waals surface area (Å²) < 4.78 is 5.10. The first-order chi connectivity index (χ1) is 9.52. The first kappa shape index (κ1) is 15.5. The lowest BCUT2D eigenvalue weighted by molar-refractivity contribution is 0.0917. The van der Waals surface area contributed by atoms with E-state index in [0.717, 1.165) is 50.1 Å². The zero-order valence-corrected chi connectivity index (χ0v) is 12.9. The average Bonchev–Trinajstić information content (AvgIpc) is 2.76. The van der Waals surface area contributed by atoms with Crippen LogP contribution >= 0.6 is 0 Å². The number of aliphatic hydroxyl groups is 1. The van der Waals surface area contributed by atoms with Gasteiger partial charge in [0.25, 0.3) is 0 Å². The van der Waals surface area contributed by atoms with E-state index in [9.17, 15) is 5.11 Å². The van der Waals surface area contributed by atoms with Gasteiger partial charge in [-0.25, -0.2) is 0 Å². The van der Waals surface area contributed by atoms with Crippen molar-refractivity contribution in [3.8, 4) is 0 Å². The molecule has 1 aliphatic heterocycles. The second-order valence-electron chi connectivity index (χ2n) is 6.22. The third kappa shape index (κ3) is 4.89. The van der Waals surface area contributed by atoms with Gasteiger partial charge in [-0.3, -0.25) is 0 Å². The van der Waals surface area contributed by atoms with E-state index in [1.54, 1.807) is 0 Å². The number of nitrogens with zero attached hydrogens (tertiary/aromatic N) is 3. The largest absolute Gasteiger partial charge is 0.392 e. The molecule has 1 unspecified atom stereocenters. The molecule has 0 aromatic carbocycles. The van der Waals surface area contributed by atoms with E-state index >= 15 is 0 Å². The van der Waals surface area contributed by atoms with Gasteiger partial charge < -0.3 is 19.4 Å². The second kappa shape index (κ2) is 7.20. The van der Waals surface area contributed by atoms with Gasteiger partial charge in [0, 0.05) is 25.7 Å². The monoisotopic (exact) mass is 281 g/mol. The fraction of sp³-hybridized carbons (Fsp3) is 0.800. The van der Waals surface area contributed by atoms with Crippen molar-refractivity contribution in [1.82, 2.24) is 15.0 Å². The Morgan fingerprint density at radius 3 is 2.75 bits per heavy atom. The molecule has 0 amide bonds. The first-order valence-electron chi connectivity index (χ1n) is 7.54. The maximum absolute atomic E-state index is 9.42. The van der Waals surface area contributed by atoms with Crippen LogP contribution in [0.15, 0.2) is 10.6 Å². The molecule has 0 radical (unpaired) electrons. The highest BCUT2D eigenvalue weighted by atomic mass is 16.5. The van der Waals surface area contributed by atoms with Crippen molar-refractivity contribution in [2.45, 2.75) is 39.3 Å². The second-order valence-corrected chi connectivity index (χ2v) is 6.22. The Labute approximate surface area is 121 Å². The molecule has 114 valence electrons. The van der Waals surface area contributed by atoms with E-state index in [0.29, 0.717) is 0 Å². The third-order valence-electron chi connectivity index (χ3n) is 3.91. The quantitative estimate of drug-likeness (QED) is 0.856. The van der Waals surface area contributed by atoms with Crippen molar-refractivity contribution in [3.05, 3.63) is 17.5 Å². The van der Waals surface area contributed by atoms with Crippen molar-refractivity contribution in [2.24, 2.45) is 5.92 Å². The highest BCUT2D eigenvalue weighted by molar-refractivity contribution is 5.03. The van der Waals surface area contributed by atoms with Crippen LogP contribution in [-0.4, -0.2) is 59.4 Å². The Kier molecular flexibility index (Phi) is 5.57. The molecule has 1 N–H and O–H groups in total. The third-order valence-corrected chi connectivity index (χ3v) is 3.91. The maximum Gasteiger partial charge on any atom is 0.133 e. The molecule has 20 heavy (non-hydrogen) atoms. The van der Waals surface area contributed by atoms with Crippen molar-refractivity contribution in [3.63, 3.8) is 0 Å². The summed E-state index contributed by atoms with van der Waals surface area (Å²) in [4.78, 5) is 4.69. The van der Waals surface area contributed by atoms with Crippen LogP contribution in [0.5, 0.6) is 0 Å².